The highest BCUT2D eigenvalue weighted by molar-refractivity contribution is 4.82. The van der Waals surface area contributed by atoms with Crippen LogP contribution in [0, 0.1) is 0 Å². The van der Waals surface area contributed by atoms with Crippen molar-refractivity contribution in [2.24, 2.45) is 0 Å². The Morgan fingerprint density at radius 2 is 2.13 bits per heavy atom. The standard InChI is InChI=1S/C12H26N2O/c1-6-8-14(11(3)4)12(10-15-5)9-13-7-2/h6,11-13H,1,7-10H2,2-5H3. The third kappa shape index (κ3) is 5.92. The van der Waals surface area contributed by atoms with Gasteiger partial charge in [-0.05, 0) is 20.4 Å². The molecular formula is C12H26N2O. The van der Waals surface area contributed by atoms with Crippen molar-refractivity contribution in [3.05, 3.63) is 12.7 Å². The van der Waals surface area contributed by atoms with E-state index in [1.165, 1.54) is 0 Å². The Hall–Kier alpha value is -0.380. The summed E-state index contributed by atoms with van der Waals surface area (Å²) in [4.78, 5) is 2.40. The molecule has 0 aromatic carbocycles. The Balaban J connectivity index is 4.29. The van der Waals surface area contributed by atoms with E-state index in [0.717, 1.165) is 26.2 Å². The molecule has 3 nitrogen and oxygen atoms in total. The second-order valence-corrected chi connectivity index (χ2v) is 4.00. The lowest BCUT2D eigenvalue weighted by Crippen LogP contribution is -2.48. The Labute approximate surface area is 94.5 Å². The fourth-order valence-electron chi connectivity index (χ4n) is 1.71. The van der Waals surface area contributed by atoms with E-state index in [9.17, 15) is 0 Å². The molecule has 0 aromatic rings. The SMILES string of the molecule is C=CCN(C(C)C)C(CNCC)COC. The third-order valence-electron chi connectivity index (χ3n) is 2.46. The van der Waals surface area contributed by atoms with Gasteiger partial charge in [-0.25, -0.2) is 0 Å². The van der Waals surface area contributed by atoms with Gasteiger partial charge in [-0.2, -0.15) is 0 Å². The predicted octanol–water partition coefficient (Wildman–Crippen LogP) is 1.51. The van der Waals surface area contributed by atoms with Gasteiger partial charge in [0.15, 0.2) is 0 Å². The second-order valence-electron chi connectivity index (χ2n) is 4.00. The maximum absolute atomic E-state index is 5.26. The number of hydrogen-bond acceptors (Lipinski definition) is 3. The number of likely N-dealkylation sites (N-methyl/N-ethyl adjacent to an activating group) is 1. The Morgan fingerprint density at radius 1 is 1.47 bits per heavy atom. The normalized spacial score (nSPS) is 13.5. The van der Waals surface area contributed by atoms with E-state index in [4.69, 9.17) is 4.74 Å². The van der Waals surface area contributed by atoms with E-state index in [-0.39, 0.29) is 0 Å². The molecule has 0 bridgehead atoms. The fourth-order valence-corrected chi connectivity index (χ4v) is 1.71. The highest BCUT2D eigenvalue weighted by atomic mass is 16.5. The van der Waals surface area contributed by atoms with Crippen LogP contribution in [-0.2, 0) is 4.74 Å². The Kier molecular flexibility index (Phi) is 8.67. The van der Waals surface area contributed by atoms with Crippen molar-refractivity contribution in [3.8, 4) is 0 Å². The van der Waals surface area contributed by atoms with E-state index in [1.807, 2.05) is 6.08 Å². The first-order chi connectivity index (χ1) is 7.17. The zero-order valence-corrected chi connectivity index (χ0v) is 10.6. The summed E-state index contributed by atoms with van der Waals surface area (Å²) in [5.41, 5.74) is 0. The molecule has 1 N–H and O–H groups in total. The quantitative estimate of drug-likeness (QED) is 0.589. The van der Waals surface area contributed by atoms with Gasteiger partial charge in [0.1, 0.15) is 0 Å². The van der Waals surface area contributed by atoms with Gasteiger partial charge in [0.05, 0.1) is 6.61 Å². The van der Waals surface area contributed by atoms with Crippen LogP contribution in [0.2, 0.25) is 0 Å². The Morgan fingerprint density at radius 3 is 2.53 bits per heavy atom. The molecule has 15 heavy (non-hydrogen) atoms. The largest absolute Gasteiger partial charge is 0.383 e. The van der Waals surface area contributed by atoms with Crippen LogP contribution in [-0.4, -0.2) is 50.3 Å². The fraction of sp³-hybridized carbons (Fsp3) is 0.833. The van der Waals surface area contributed by atoms with Gasteiger partial charge >= 0.3 is 0 Å². The molecule has 0 aliphatic rings. The summed E-state index contributed by atoms with van der Waals surface area (Å²) in [6, 6.07) is 0.940. The smallest absolute Gasteiger partial charge is 0.0630 e. The van der Waals surface area contributed by atoms with Gasteiger partial charge < -0.3 is 10.1 Å². The van der Waals surface area contributed by atoms with Crippen molar-refractivity contribution in [3.63, 3.8) is 0 Å². The topological polar surface area (TPSA) is 24.5 Å². The molecule has 0 amide bonds. The zero-order valence-electron chi connectivity index (χ0n) is 10.6. The van der Waals surface area contributed by atoms with Crippen LogP contribution >= 0.6 is 0 Å². The molecule has 0 heterocycles. The molecule has 0 rings (SSSR count). The van der Waals surface area contributed by atoms with Gasteiger partial charge in [0, 0.05) is 32.3 Å². The molecule has 0 saturated carbocycles. The highest BCUT2D eigenvalue weighted by Crippen LogP contribution is 2.05. The van der Waals surface area contributed by atoms with E-state index in [0.29, 0.717) is 12.1 Å². The summed E-state index contributed by atoms with van der Waals surface area (Å²) < 4.78 is 5.26. The van der Waals surface area contributed by atoms with Gasteiger partial charge in [-0.15, -0.1) is 6.58 Å². The molecule has 90 valence electrons. The molecule has 3 heteroatoms. The second kappa shape index (κ2) is 8.89. The number of methoxy groups -OCH3 is 1. The van der Waals surface area contributed by atoms with Crippen LogP contribution < -0.4 is 5.32 Å². The van der Waals surface area contributed by atoms with Gasteiger partial charge in [-0.3, -0.25) is 4.90 Å². The molecule has 0 radical (unpaired) electrons. The molecule has 0 aliphatic carbocycles. The van der Waals surface area contributed by atoms with Crippen LogP contribution in [0.15, 0.2) is 12.7 Å². The summed E-state index contributed by atoms with van der Waals surface area (Å²) in [5.74, 6) is 0. The van der Waals surface area contributed by atoms with Gasteiger partial charge in [0.25, 0.3) is 0 Å². The number of nitrogens with zero attached hydrogens (tertiary/aromatic N) is 1. The first-order valence-corrected chi connectivity index (χ1v) is 5.73. The molecule has 1 atom stereocenters. The minimum absolute atomic E-state index is 0.424. The first-order valence-electron chi connectivity index (χ1n) is 5.73. The average molecular weight is 214 g/mol. The minimum Gasteiger partial charge on any atom is -0.383 e. The minimum atomic E-state index is 0.424. The van der Waals surface area contributed by atoms with E-state index >= 15 is 0 Å². The number of nitrogens with one attached hydrogen (secondary N) is 1. The van der Waals surface area contributed by atoms with Crippen LogP contribution in [0.4, 0.5) is 0 Å². The summed E-state index contributed by atoms with van der Waals surface area (Å²) in [5, 5.41) is 3.37. The Bertz CT molecular complexity index is 160. The lowest BCUT2D eigenvalue weighted by Gasteiger charge is -2.33. The zero-order chi connectivity index (χ0) is 11.7. The molecule has 1 unspecified atom stereocenters. The lowest BCUT2D eigenvalue weighted by atomic mass is 10.2. The summed E-state index contributed by atoms with van der Waals surface area (Å²) in [7, 11) is 1.76. The molecule has 0 aromatic heterocycles. The molecule has 0 fully saturated rings. The maximum atomic E-state index is 5.26. The van der Waals surface area contributed by atoms with Crippen molar-refractivity contribution in [2.45, 2.75) is 32.9 Å². The van der Waals surface area contributed by atoms with Crippen LogP contribution in [0.1, 0.15) is 20.8 Å². The van der Waals surface area contributed by atoms with Crippen molar-refractivity contribution < 1.29 is 4.74 Å². The summed E-state index contributed by atoms with van der Waals surface area (Å²) >= 11 is 0. The van der Waals surface area contributed by atoms with Crippen LogP contribution in [0.25, 0.3) is 0 Å². The lowest BCUT2D eigenvalue weighted by molar-refractivity contribution is 0.0783. The average Bonchev–Trinajstić information content (AvgIpc) is 2.21. The third-order valence-corrected chi connectivity index (χ3v) is 2.46. The summed E-state index contributed by atoms with van der Waals surface area (Å²) in [6.07, 6.45) is 1.95. The predicted molar refractivity (Wildman–Crippen MR) is 66.2 cm³/mol. The maximum Gasteiger partial charge on any atom is 0.0630 e. The van der Waals surface area contributed by atoms with Crippen molar-refractivity contribution in [2.75, 3.05) is 33.4 Å². The molecule has 0 saturated heterocycles. The first kappa shape index (κ1) is 14.6. The van der Waals surface area contributed by atoms with Crippen molar-refractivity contribution in [1.82, 2.24) is 10.2 Å². The monoisotopic (exact) mass is 214 g/mol. The van der Waals surface area contributed by atoms with Crippen molar-refractivity contribution >= 4 is 0 Å². The molecule has 0 aliphatic heterocycles. The number of hydrogen-bond donors (Lipinski definition) is 1. The van der Waals surface area contributed by atoms with E-state index in [1.54, 1.807) is 7.11 Å². The summed E-state index contributed by atoms with van der Waals surface area (Å²) in [6.45, 7) is 14.0. The van der Waals surface area contributed by atoms with Gasteiger partial charge in [-0.1, -0.05) is 13.0 Å². The van der Waals surface area contributed by atoms with E-state index in [2.05, 4.69) is 37.6 Å². The molecule has 0 spiro atoms. The number of rotatable bonds is 9. The van der Waals surface area contributed by atoms with E-state index < -0.39 is 0 Å². The molecular weight excluding hydrogens is 188 g/mol. The van der Waals surface area contributed by atoms with Crippen LogP contribution in [0.5, 0.6) is 0 Å². The van der Waals surface area contributed by atoms with Gasteiger partial charge in [0.2, 0.25) is 0 Å². The highest BCUT2D eigenvalue weighted by Gasteiger charge is 2.19. The van der Waals surface area contributed by atoms with Crippen LogP contribution in [0.3, 0.4) is 0 Å². The number of ether oxygens (including phenoxy) is 1. The van der Waals surface area contributed by atoms with Crippen molar-refractivity contribution in [1.29, 1.82) is 0 Å².